The monoisotopic (exact) mass is 397 g/mol. The first-order chi connectivity index (χ1) is 13.6. The molecule has 0 aliphatic heterocycles. The van der Waals surface area contributed by atoms with E-state index in [1.165, 1.54) is 4.88 Å². The molecule has 0 radical (unpaired) electrons. The molecule has 0 atom stereocenters. The fraction of sp³-hybridized carbons (Fsp3) is 0.318. The smallest absolute Gasteiger partial charge is 0.124 e. The van der Waals surface area contributed by atoms with Gasteiger partial charge in [-0.1, -0.05) is 12.1 Å². The average molecular weight is 398 g/mol. The van der Waals surface area contributed by atoms with E-state index in [-0.39, 0.29) is 0 Å². The van der Waals surface area contributed by atoms with Gasteiger partial charge in [0, 0.05) is 25.2 Å². The molecule has 1 heterocycles. The van der Waals surface area contributed by atoms with Crippen molar-refractivity contribution >= 4 is 11.3 Å². The number of nitrogens with zero attached hydrogens (tertiary/aromatic N) is 2. The van der Waals surface area contributed by atoms with Gasteiger partial charge in [0.25, 0.3) is 0 Å². The van der Waals surface area contributed by atoms with Crippen LogP contribution in [-0.2, 0) is 6.54 Å². The third kappa shape index (κ3) is 5.10. The number of nitrogens with one attached hydrogen (secondary N) is 1. The molecule has 0 unspecified atom stereocenters. The van der Waals surface area contributed by atoms with Gasteiger partial charge in [0.15, 0.2) is 0 Å². The molecule has 1 N–H and O–H groups in total. The zero-order chi connectivity index (χ0) is 19.9. The van der Waals surface area contributed by atoms with E-state index >= 15 is 0 Å². The van der Waals surface area contributed by atoms with Crippen molar-refractivity contribution in [1.82, 2.24) is 15.2 Å². The molecule has 0 amide bonds. The summed E-state index contributed by atoms with van der Waals surface area (Å²) >= 11 is 1.70. The van der Waals surface area contributed by atoms with Gasteiger partial charge in [0.2, 0.25) is 0 Å². The third-order valence-electron chi connectivity index (χ3n) is 4.39. The summed E-state index contributed by atoms with van der Waals surface area (Å²) < 4.78 is 10.7. The summed E-state index contributed by atoms with van der Waals surface area (Å²) in [5, 5.41) is 4.51. The van der Waals surface area contributed by atoms with Crippen LogP contribution >= 0.6 is 11.3 Å². The van der Waals surface area contributed by atoms with E-state index < -0.39 is 0 Å². The largest absolute Gasteiger partial charge is 0.497 e. The standard InChI is InChI=1S/C22H27N3O2S/c1-25(2)13-12-23-15-20-21(17-6-5-7-19(14-17)27-4)28-22(24-20)16-8-10-18(26-3)11-9-16/h5-11,14,23H,12-13,15H2,1-4H3. The number of benzene rings is 2. The lowest BCUT2D eigenvalue weighted by Gasteiger charge is -2.10. The van der Waals surface area contributed by atoms with Crippen molar-refractivity contribution in [3.8, 4) is 32.5 Å². The van der Waals surface area contributed by atoms with Gasteiger partial charge in [-0.05, 0) is 56.1 Å². The molecule has 2 aromatic carbocycles. The number of thiazole rings is 1. The molecule has 0 bridgehead atoms. The fourth-order valence-electron chi connectivity index (χ4n) is 2.83. The summed E-state index contributed by atoms with van der Waals surface area (Å²) in [6.07, 6.45) is 0. The number of methoxy groups -OCH3 is 2. The van der Waals surface area contributed by atoms with Gasteiger partial charge >= 0.3 is 0 Å². The van der Waals surface area contributed by atoms with Crippen LogP contribution in [0, 0.1) is 0 Å². The highest BCUT2D eigenvalue weighted by atomic mass is 32.1. The second kappa shape index (κ2) is 9.68. The molecule has 0 aliphatic rings. The van der Waals surface area contributed by atoms with Crippen LogP contribution in [0.1, 0.15) is 5.69 Å². The van der Waals surface area contributed by atoms with E-state index in [0.717, 1.165) is 53.0 Å². The van der Waals surface area contributed by atoms with Gasteiger partial charge in [-0.2, -0.15) is 0 Å². The highest BCUT2D eigenvalue weighted by Gasteiger charge is 2.15. The first kappa shape index (κ1) is 20.3. The van der Waals surface area contributed by atoms with E-state index in [4.69, 9.17) is 14.5 Å². The summed E-state index contributed by atoms with van der Waals surface area (Å²) in [7, 11) is 7.52. The van der Waals surface area contributed by atoms with Crippen LogP contribution in [0.4, 0.5) is 0 Å². The van der Waals surface area contributed by atoms with Crippen LogP contribution in [0.2, 0.25) is 0 Å². The first-order valence-electron chi connectivity index (χ1n) is 9.24. The van der Waals surface area contributed by atoms with Crippen LogP contribution in [0.5, 0.6) is 11.5 Å². The molecule has 0 saturated heterocycles. The van der Waals surface area contributed by atoms with E-state index in [2.05, 4.69) is 48.6 Å². The van der Waals surface area contributed by atoms with Crippen molar-refractivity contribution < 1.29 is 9.47 Å². The zero-order valence-corrected chi connectivity index (χ0v) is 17.7. The molecule has 1 aromatic heterocycles. The van der Waals surface area contributed by atoms with Crippen molar-refractivity contribution in [2.24, 2.45) is 0 Å². The number of hydrogen-bond donors (Lipinski definition) is 1. The summed E-state index contributed by atoms with van der Waals surface area (Å²) in [6, 6.07) is 16.2. The number of likely N-dealkylation sites (N-methyl/N-ethyl adjacent to an activating group) is 1. The maximum absolute atomic E-state index is 5.41. The Hall–Kier alpha value is -2.41. The molecule has 0 saturated carbocycles. The number of aromatic nitrogens is 1. The number of rotatable bonds is 9. The highest BCUT2D eigenvalue weighted by Crippen LogP contribution is 2.37. The van der Waals surface area contributed by atoms with Crippen molar-refractivity contribution in [2.45, 2.75) is 6.54 Å². The zero-order valence-electron chi connectivity index (χ0n) is 16.9. The molecule has 5 nitrogen and oxygen atoms in total. The quantitative estimate of drug-likeness (QED) is 0.550. The first-order valence-corrected chi connectivity index (χ1v) is 10.1. The van der Waals surface area contributed by atoms with Crippen LogP contribution in [-0.4, -0.2) is 51.3 Å². The molecule has 0 fully saturated rings. The predicted molar refractivity (Wildman–Crippen MR) is 116 cm³/mol. The van der Waals surface area contributed by atoms with Crippen molar-refractivity contribution in [1.29, 1.82) is 0 Å². The molecule has 148 valence electrons. The molecule has 3 aromatic rings. The SMILES string of the molecule is COc1ccc(-c2nc(CNCCN(C)C)c(-c3cccc(OC)c3)s2)cc1. The van der Waals surface area contributed by atoms with Gasteiger partial charge in [-0.15, -0.1) is 11.3 Å². The number of ether oxygens (including phenoxy) is 2. The molecule has 28 heavy (non-hydrogen) atoms. The van der Waals surface area contributed by atoms with Crippen molar-refractivity contribution in [2.75, 3.05) is 41.4 Å². The average Bonchev–Trinajstić information content (AvgIpc) is 3.15. The Morgan fingerprint density at radius 3 is 2.39 bits per heavy atom. The van der Waals surface area contributed by atoms with E-state index in [1.54, 1.807) is 25.6 Å². The predicted octanol–water partition coefficient (Wildman–Crippen LogP) is 4.15. The van der Waals surface area contributed by atoms with Gasteiger partial charge in [0.1, 0.15) is 16.5 Å². The Labute approximate surface area is 170 Å². The lowest BCUT2D eigenvalue weighted by atomic mass is 10.1. The second-order valence-electron chi connectivity index (χ2n) is 6.74. The fourth-order valence-corrected chi connectivity index (χ4v) is 3.91. The highest BCUT2D eigenvalue weighted by molar-refractivity contribution is 7.18. The molecular formula is C22H27N3O2S. The maximum atomic E-state index is 5.41. The van der Waals surface area contributed by atoms with E-state index in [1.807, 2.05) is 24.3 Å². The lowest BCUT2D eigenvalue weighted by molar-refractivity contribution is 0.399. The topological polar surface area (TPSA) is 46.6 Å². The number of hydrogen-bond acceptors (Lipinski definition) is 6. The summed E-state index contributed by atoms with van der Waals surface area (Å²) in [5.41, 5.74) is 3.28. The molecule has 0 aliphatic carbocycles. The Morgan fingerprint density at radius 2 is 1.71 bits per heavy atom. The molecule has 3 rings (SSSR count). The van der Waals surface area contributed by atoms with Gasteiger partial charge in [-0.25, -0.2) is 4.98 Å². The summed E-state index contributed by atoms with van der Waals surface area (Å²) in [6.45, 7) is 2.64. The van der Waals surface area contributed by atoms with Gasteiger partial charge in [-0.3, -0.25) is 0 Å². The lowest BCUT2D eigenvalue weighted by Crippen LogP contribution is -2.26. The Bertz CT molecular complexity index is 891. The second-order valence-corrected chi connectivity index (χ2v) is 7.73. The molecule has 6 heteroatoms. The summed E-state index contributed by atoms with van der Waals surface area (Å²) in [5.74, 6) is 1.70. The van der Waals surface area contributed by atoms with Crippen molar-refractivity contribution in [3.63, 3.8) is 0 Å². The Morgan fingerprint density at radius 1 is 0.964 bits per heavy atom. The van der Waals surface area contributed by atoms with E-state index in [0.29, 0.717) is 0 Å². The van der Waals surface area contributed by atoms with Crippen LogP contribution in [0.15, 0.2) is 48.5 Å². The van der Waals surface area contributed by atoms with Crippen molar-refractivity contribution in [3.05, 3.63) is 54.2 Å². The van der Waals surface area contributed by atoms with Gasteiger partial charge in [0.05, 0.1) is 24.8 Å². The Balaban J connectivity index is 1.91. The van der Waals surface area contributed by atoms with Crippen LogP contribution < -0.4 is 14.8 Å². The summed E-state index contributed by atoms with van der Waals surface area (Å²) in [4.78, 5) is 8.28. The normalized spacial score (nSPS) is 11.0. The minimum atomic E-state index is 0.729. The minimum Gasteiger partial charge on any atom is -0.497 e. The van der Waals surface area contributed by atoms with Crippen LogP contribution in [0.25, 0.3) is 21.0 Å². The van der Waals surface area contributed by atoms with Gasteiger partial charge < -0.3 is 19.7 Å². The van der Waals surface area contributed by atoms with Crippen LogP contribution in [0.3, 0.4) is 0 Å². The minimum absolute atomic E-state index is 0.729. The van der Waals surface area contributed by atoms with E-state index in [9.17, 15) is 0 Å². The Kier molecular flexibility index (Phi) is 7.03. The molecular weight excluding hydrogens is 370 g/mol. The molecule has 0 spiro atoms. The maximum Gasteiger partial charge on any atom is 0.124 e. The third-order valence-corrected chi connectivity index (χ3v) is 5.59.